The van der Waals surface area contributed by atoms with E-state index in [9.17, 15) is 9.59 Å². The molecule has 0 spiro atoms. The SMILES string of the molecule is O=CNC(CCOCc1ccccc1)C(=O)O. The first kappa shape index (κ1) is 13.2. The maximum Gasteiger partial charge on any atom is 0.326 e. The average Bonchev–Trinajstić information content (AvgIpc) is 2.34. The van der Waals surface area contributed by atoms with Crippen molar-refractivity contribution in [1.29, 1.82) is 0 Å². The van der Waals surface area contributed by atoms with Crippen LogP contribution in [-0.4, -0.2) is 30.1 Å². The fourth-order valence-electron chi connectivity index (χ4n) is 1.33. The number of ether oxygens (including phenoxy) is 1. The van der Waals surface area contributed by atoms with Crippen LogP contribution < -0.4 is 5.32 Å². The summed E-state index contributed by atoms with van der Waals surface area (Å²) >= 11 is 0. The number of aliphatic carboxylic acids is 1. The predicted octanol–water partition coefficient (Wildman–Crippen LogP) is 0.792. The van der Waals surface area contributed by atoms with Gasteiger partial charge in [0.05, 0.1) is 6.61 Å². The van der Waals surface area contributed by atoms with Crippen LogP contribution in [-0.2, 0) is 20.9 Å². The second-order valence-corrected chi connectivity index (χ2v) is 3.50. The van der Waals surface area contributed by atoms with E-state index in [0.717, 1.165) is 5.56 Å². The summed E-state index contributed by atoms with van der Waals surface area (Å²) in [6, 6.07) is 8.71. The van der Waals surface area contributed by atoms with E-state index in [2.05, 4.69) is 5.32 Å². The van der Waals surface area contributed by atoms with Gasteiger partial charge in [0.15, 0.2) is 0 Å². The van der Waals surface area contributed by atoms with Crippen molar-refractivity contribution >= 4 is 12.4 Å². The third kappa shape index (κ3) is 5.12. The molecule has 92 valence electrons. The molecular formula is C12H15NO4. The Labute approximate surface area is 99.4 Å². The van der Waals surface area contributed by atoms with Crippen molar-refractivity contribution in [3.05, 3.63) is 35.9 Å². The Hall–Kier alpha value is -1.88. The Bertz CT molecular complexity index is 353. The van der Waals surface area contributed by atoms with Gasteiger partial charge in [-0.3, -0.25) is 4.79 Å². The molecule has 0 aliphatic rings. The summed E-state index contributed by atoms with van der Waals surface area (Å²) in [5.74, 6) is -1.06. The highest BCUT2D eigenvalue weighted by atomic mass is 16.5. The molecule has 0 heterocycles. The van der Waals surface area contributed by atoms with Crippen molar-refractivity contribution in [2.24, 2.45) is 0 Å². The molecule has 17 heavy (non-hydrogen) atoms. The molecule has 0 aromatic heterocycles. The first-order valence-electron chi connectivity index (χ1n) is 5.28. The summed E-state index contributed by atoms with van der Waals surface area (Å²) in [6.45, 7) is 0.723. The summed E-state index contributed by atoms with van der Waals surface area (Å²) in [4.78, 5) is 20.8. The Morgan fingerprint density at radius 1 is 1.41 bits per heavy atom. The molecular weight excluding hydrogens is 222 g/mol. The predicted molar refractivity (Wildman–Crippen MR) is 61.3 cm³/mol. The zero-order chi connectivity index (χ0) is 12.5. The first-order valence-corrected chi connectivity index (χ1v) is 5.28. The van der Waals surface area contributed by atoms with Crippen LogP contribution in [0.25, 0.3) is 0 Å². The average molecular weight is 237 g/mol. The van der Waals surface area contributed by atoms with Crippen LogP contribution in [0.5, 0.6) is 0 Å². The van der Waals surface area contributed by atoms with E-state index in [0.29, 0.717) is 13.0 Å². The number of carboxylic acid groups (broad SMARTS) is 1. The number of carbonyl (C=O) groups is 2. The Morgan fingerprint density at radius 2 is 2.12 bits per heavy atom. The lowest BCUT2D eigenvalue weighted by Gasteiger charge is -2.11. The molecule has 5 heteroatoms. The summed E-state index contributed by atoms with van der Waals surface area (Å²) in [5, 5.41) is 11.0. The van der Waals surface area contributed by atoms with Gasteiger partial charge in [-0.15, -0.1) is 0 Å². The number of carboxylic acids is 1. The van der Waals surface area contributed by atoms with Crippen LogP contribution in [0.2, 0.25) is 0 Å². The van der Waals surface area contributed by atoms with Gasteiger partial charge < -0.3 is 15.2 Å². The number of nitrogens with one attached hydrogen (secondary N) is 1. The molecule has 0 radical (unpaired) electrons. The summed E-state index contributed by atoms with van der Waals surface area (Å²) in [6.07, 6.45) is 0.636. The minimum absolute atomic E-state index is 0.251. The fourth-order valence-corrected chi connectivity index (χ4v) is 1.33. The number of benzene rings is 1. The highest BCUT2D eigenvalue weighted by Gasteiger charge is 2.15. The van der Waals surface area contributed by atoms with Gasteiger partial charge in [0.25, 0.3) is 0 Å². The van der Waals surface area contributed by atoms with Gasteiger partial charge in [-0.05, 0) is 5.56 Å². The van der Waals surface area contributed by atoms with Crippen molar-refractivity contribution < 1.29 is 19.4 Å². The van der Waals surface area contributed by atoms with Crippen LogP contribution in [0.1, 0.15) is 12.0 Å². The zero-order valence-corrected chi connectivity index (χ0v) is 9.33. The van der Waals surface area contributed by atoms with Crippen LogP contribution in [0.3, 0.4) is 0 Å². The lowest BCUT2D eigenvalue weighted by Crippen LogP contribution is -2.36. The third-order valence-electron chi connectivity index (χ3n) is 2.23. The fraction of sp³-hybridized carbons (Fsp3) is 0.333. The van der Waals surface area contributed by atoms with Crippen molar-refractivity contribution in [3.8, 4) is 0 Å². The number of carbonyl (C=O) groups excluding carboxylic acids is 1. The Kier molecular flexibility index (Phi) is 5.74. The van der Waals surface area contributed by atoms with Gasteiger partial charge in [-0.1, -0.05) is 30.3 Å². The van der Waals surface area contributed by atoms with Crippen LogP contribution in [0.15, 0.2) is 30.3 Å². The van der Waals surface area contributed by atoms with Gasteiger partial charge in [0, 0.05) is 13.0 Å². The van der Waals surface area contributed by atoms with E-state index in [1.807, 2.05) is 30.3 Å². The lowest BCUT2D eigenvalue weighted by atomic mass is 10.2. The number of hydrogen-bond donors (Lipinski definition) is 2. The standard InChI is InChI=1S/C12H15NO4/c14-9-13-11(12(15)16)6-7-17-8-10-4-2-1-3-5-10/h1-5,9,11H,6-8H2,(H,13,14)(H,15,16). The van der Waals surface area contributed by atoms with Gasteiger partial charge in [-0.25, -0.2) is 4.79 Å². The van der Waals surface area contributed by atoms with E-state index in [1.165, 1.54) is 0 Å². The normalized spacial score (nSPS) is 11.8. The molecule has 0 bridgehead atoms. The molecule has 5 nitrogen and oxygen atoms in total. The van der Waals surface area contributed by atoms with Crippen LogP contribution in [0, 0.1) is 0 Å². The van der Waals surface area contributed by atoms with Crippen LogP contribution >= 0.6 is 0 Å². The molecule has 0 aliphatic carbocycles. The molecule has 0 saturated carbocycles. The molecule has 1 unspecified atom stereocenters. The van der Waals surface area contributed by atoms with Crippen molar-refractivity contribution in [1.82, 2.24) is 5.32 Å². The molecule has 1 rings (SSSR count). The van der Waals surface area contributed by atoms with Gasteiger partial charge in [-0.2, -0.15) is 0 Å². The van der Waals surface area contributed by atoms with E-state index >= 15 is 0 Å². The quantitative estimate of drug-likeness (QED) is 0.518. The molecule has 1 aromatic carbocycles. The zero-order valence-electron chi connectivity index (χ0n) is 9.33. The van der Waals surface area contributed by atoms with E-state index in [-0.39, 0.29) is 13.0 Å². The topological polar surface area (TPSA) is 75.6 Å². The van der Waals surface area contributed by atoms with E-state index < -0.39 is 12.0 Å². The number of hydrogen-bond acceptors (Lipinski definition) is 3. The summed E-state index contributed by atoms with van der Waals surface area (Å²) < 4.78 is 5.33. The Balaban J connectivity index is 2.23. The van der Waals surface area contributed by atoms with Crippen molar-refractivity contribution in [2.45, 2.75) is 19.1 Å². The molecule has 1 atom stereocenters. The highest BCUT2D eigenvalue weighted by Crippen LogP contribution is 2.01. The maximum absolute atomic E-state index is 10.7. The number of rotatable bonds is 8. The van der Waals surface area contributed by atoms with Crippen LogP contribution in [0.4, 0.5) is 0 Å². The largest absolute Gasteiger partial charge is 0.480 e. The molecule has 1 amide bonds. The van der Waals surface area contributed by atoms with Gasteiger partial charge in [0.1, 0.15) is 6.04 Å². The molecule has 0 saturated heterocycles. The second kappa shape index (κ2) is 7.40. The van der Waals surface area contributed by atoms with Gasteiger partial charge in [0.2, 0.25) is 6.41 Å². The first-order chi connectivity index (χ1) is 8.24. The third-order valence-corrected chi connectivity index (χ3v) is 2.23. The van der Waals surface area contributed by atoms with Gasteiger partial charge >= 0.3 is 5.97 Å². The maximum atomic E-state index is 10.7. The van der Waals surface area contributed by atoms with Crippen molar-refractivity contribution in [3.63, 3.8) is 0 Å². The summed E-state index contributed by atoms with van der Waals surface area (Å²) in [5.41, 5.74) is 1.03. The summed E-state index contributed by atoms with van der Waals surface area (Å²) in [7, 11) is 0. The minimum atomic E-state index is -1.06. The smallest absolute Gasteiger partial charge is 0.326 e. The Morgan fingerprint density at radius 3 is 2.71 bits per heavy atom. The highest BCUT2D eigenvalue weighted by molar-refractivity contribution is 5.76. The lowest BCUT2D eigenvalue weighted by molar-refractivity contribution is -0.141. The second-order valence-electron chi connectivity index (χ2n) is 3.50. The monoisotopic (exact) mass is 237 g/mol. The molecule has 0 fully saturated rings. The van der Waals surface area contributed by atoms with E-state index in [1.54, 1.807) is 0 Å². The van der Waals surface area contributed by atoms with Crippen molar-refractivity contribution in [2.75, 3.05) is 6.61 Å². The molecule has 1 aromatic rings. The van der Waals surface area contributed by atoms with E-state index in [4.69, 9.17) is 9.84 Å². The molecule has 2 N–H and O–H groups in total. The minimum Gasteiger partial charge on any atom is -0.480 e. The molecule has 0 aliphatic heterocycles. The number of amides is 1.